The molecule has 8 nitrogen and oxygen atoms in total. The normalized spacial score (nSPS) is 10.3. The molecule has 0 amide bonds. The molecule has 0 fully saturated rings. The SMILES string of the molecule is Cc1cc(C=CC#N)cc(C)c1Oc1n[nH]c(=O)c(Nc2ccc(C#N)cc2)n1. The van der Waals surface area contributed by atoms with E-state index in [4.69, 9.17) is 15.3 Å². The second-order valence-corrected chi connectivity index (χ2v) is 6.16. The Kier molecular flexibility index (Phi) is 5.67. The topological polar surface area (TPSA) is 127 Å². The Morgan fingerprint density at radius 3 is 2.45 bits per heavy atom. The fourth-order valence-corrected chi connectivity index (χ4v) is 2.68. The summed E-state index contributed by atoms with van der Waals surface area (Å²) in [5, 5.41) is 26.6. The average Bonchev–Trinajstić information content (AvgIpc) is 2.72. The molecular weight excluding hydrogens is 368 g/mol. The fraction of sp³-hybridized carbons (Fsp3) is 0.0952. The van der Waals surface area contributed by atoms with Crippen LogP contribution in [0.15, 0.2) is 47.3 Å². The first-order valence-electron chi connectivity index (χ1n) is 8.59. The zero-order valence-electron chi connectivity index (χ0n) is 15.7. The maximum atomic E-state index is 12.0. The molecule has 3 aromatic rings. The molecule has 1 heterocycles. The van der Waals surface area contributed by atoms with Gasteiger partial charge in [0, 0.05) is 11.8 Å². The van der Waals surface area contributed by atoms with Gasteiger partial charge in [-0.3, -0.25) is 4.79 Å². The number of rotatable bonds is 5. The smallest absolute Gasteiger partial charge is 0.341 e. The number of anilines is 2. The molecular formula is C21H16N6O2. The van der Waals surface area contributed by atoms with E-state index in [1.54, 1.807) is 30.3 Å². The Morgan fingerprint density at radius 1 is 1.14 bits per heavy atom. The van der Waals surface area contributed by atoms with E-state index in [-0.39, 0.29) is 11.8 Å². The van der Waals surface area contributed by atoms with Crippen molar-refractivity contribution in [2.45, 2.75) is 13.8 Å². The summed E-state index contributed by atoms with van der Waals surface area (Å²) in [5.74, 6) is 0.582. The summed E-state index contributed by atoms with van der Waals surface area (Å²) in [7, 11) is 0. The second-order valence-electron chi connectivity index (χ2n) is 6.16. The largest absolute Gasteiger partial charge is 0.423 e. The highest BCUT2D eigenvalue weighted by atomic mass is 16.5. The molecule has 0 saturated heterocycles. The number of ether oxygens (including phenoxy) is 1. The van der Waals surface area contributed by atoms with Crippen molar-refractivity contribution in [1.29, 1.82) is 10.5 Å². The molecule has 8 heteroatoms. The summed E-state index contributed by atoms with van der Waals surface area (Å²) in [6, 6.07) is 14.3. The highest BCUT2D eigenvalue weighted by Crippen LogP contribution is 2.28. The van der Waals surface area contributed by atoms with Gasteiger partial charge in [0.05, 0.1) is 17.7 Å². The third-order valence-corrected chi connectivity index (χ3v) is 3.98. The van der Waals surface area contributed by atoms with Gasteiger partial charge in [0.1, 0.15) is 5.75 Å². The zero-order chi connectivity index (χ0) is 20.8. The van der Waals surface area contributed by atoms with Crippen molar-refractivity contribution >= 4 is 17.6 Å². The van der Waals surface area contributed by atoms with Crippen LogP contribution < -0.4 is 15.6 Å². The Labute approximate surface area is 166 Å². The Hall–Kier alpha value is -4.43. The lowest BCUT2D eigenvalue weighted by Gasteiger charge is -2.12. The highest BCUT2D eigenvalue weighted by molar-refractivity contribution is 5.58. The van der Waals surface area contributed by atoms with Crippen molar-refractivity contribution in [3.05, 3.63) is 75.1 Å². The van der Waals surface area contributed by atoms with Crippen molar-refractivity contribution < 1.29 is 4.74 Å². The van der Waals surface area contributed by atoms with Crippen molar-refractivity contribution in [1.82, 2.24) is 15.2 Å². The standard InChI is InChI=1S/C21H16N6O2/c1-13-10-16(4-3-9-22)11-14(2)18(13)29-21-25-19(20(28)26-27-21)24-17-7-5-15(12-23)6-8-17/h3-8,10-11H,1-2H3,(H,26,28)(H,24,25,27). The molecule has 0 radical (unpaired) electrons. The molecule has 142 valence electrons. The quantitative estimate of drug-likeness (QED) is 0.642. The van der Waals surface area contributed by atoms with Crippen molar-refractivity contribution in [2.24, 2.45) is 0 Å². The summed E-state index contributed by atoms with van der Waals surface area (Å²) in [4.78, 5) is 16.2. The zero-order valence-corrected chi connectivity index (χ0v) is 15.7. The molecule has 29 heavy (non-hydrogen) atoms. The van der Waals surface area contributed by atoms with Crippen LogP contribution in [-0.4, -0.2) is 15.2 Å². The van der Waals surface area contributed by atoms with Gasteiger partial charge in [-0.1, -0.05) is 0 Å². The number of aryl methyl sites for hydroxylation is 2. The molecule has 2 N–H and O–H groups in total. The molecule has 0 aliphatic rings. The lowest BCUT2D eigenvalue weighted by Crippen LogP contribution is -2.16. The Balaban J connectivity index is 1.86. The van der Waals surface area contributed by atoms with E-state index >= 15 is 0 Å². The summed E-state index contributed by atoms with van der Waals surface area (Å²) in [6.07, 6.45) is 3.11. The number of H-pyrrole nitrogens is 1. The predicted molar refractivity (Wildman–Crippen MR) is 108 cm³/mol. The van der Waals surface area contributed by atoms with E-state index in [1.807, 2.05) is 38.1 Å². The van der Waals surface area contributed by atoms with Crippen LogP contribution in [0.4, 0.5) is 11.5 Å². The summed E-state index contributed by atoms with van der Waals surface area (Å²) in [6.45, 7) is 3.74. The number of allylic oxidation sites excluding steroid dienone is 1. The van der Waals surface area contributed by atoms with Gasteiger partial charge < -0.3 is 10.1 Å². The highest BCUT2D eigenvalue weighted by Gasteiger charge is 2.12. The van der Waals surface area contributed by atoms with E-state index in [0.717, 1.165) is 16.7 Å². The molecule has 2 aromatic carbocycles. The van der Waals surface area contributed by atoms with Gasteiger partial charge in [-0.05, 0) is 73.0 Å². The van der Waals surface area contributed by atoms with E-state index in [1.165, 1.54) is 6.08 Å². The summed E-state index contributed by atoms with van der Waals surface area (Å²) in [5.41, 5.74) is 3.14. The van der Waals surface area contributed by atoms with Crippen LogP contribution in [0.3, 0.4) is 0 Å². The van der Waals surface area contributed by atoms with Crippen LogP contribution in [0.25, 0.3) is 6.08 Å². The van der Waals surface area contributed by atoms with Crippen LogP contribution in [-0.2, 0) is 0 Å². The van der Waals surface area contributed by atoms with Crippen molar-refractivity contribution in [3.63, 3.8) is 0 Å². The van der Waals surface area contributed by atoms with Crippen LogP contribution in [0.2, 0.25) is 0 Å². The first-order valence-corrected chi connectivity index (χ1v) is 8.59. The Bertz CT molecular complexity index is 1190. The third-order valence-electron chi connectivity index (χ3n) is 3.98. The van der Waals surface area contributed by atoms with Crippen molar-refractivity contribution in [3.8, 4) is 23.9 Å². The molecule has 0 aliphatic carbocycles. The number of hydrogen-bond donors (Lipinski definition) is 2. The first-order chi connectivity index (χ1) is 14.0. The van der Waals surface area contributed by atoms with Crippen LogP contribution in [0.5, 0.6) is 11.8 Å². The van der Waals surface area contributed by atoms with Gasteiger partial charge in [0.25, 0.3) is 0 Å². The molecule has 0 aliphatic heterocycles. The summed E-state index contributed by atoms with van der Waals surface area (Å²) < 4.78 is 5.80. The lowest BCUT2D eigenvalue weighted by molar-refractivity contribution is 0.427. The average molecular weight is 384 g/mol. The van der Waals surface area contributed by atoms with Gasteiger partial charge in [-0.25, -0.2) is 5.10 Å². The molecule has 3 rings (SSSR count). The minimum Gasteiger partial charge on any atom is -0.423 e. The maximum absolute atomic E-state index is 12.0. The first kappa shape index (κ1) is 19.3. The minimum absolute atomic E-state index is 0.0172. The molecule has 0 saturated carbocycles. The number of hydrogen-bond acceptors (Lipinski definition) is 7. The van der Waals surface area contributed by atoms with Crippen LogP contribution in [0, 0.1) is 36.5 Å². The molecule has 0 bridgehead atoms. The Morgan fingerprint density at radius 2 is 1.83 bits per heavy atom. The monoisotopic (exact) mass is 384 g/mol. The van der Waals surface area contributed by atoms with Gasteiger partial charge in [-0.15, -0.1) is 5.10 Å². The molecule has 0 unspecified atom stereocenters. The number of nitrogens with zero attached hydrogens (tertiary/aromatic N) is 4. The van der Waals surface area contributed by atoms with Crippen LogP contribution in [0.1, 0.15) is 22.3 Å². The summed E-state index contributed by atoms with van der Waals surface area (Å²) >= 11 is 0. The van der Waals surface area contributed by atoms with Crippen molar-refractivity contribution in [2.75, 3.05) is 5.32 Å². The molecule has 0 spiro atoms. The predicted octanol–water partition coefficient (Wildman–Crippen LogP) is 3.73. The maximum Gasteiger partial charge on any atom is 0.341 e. The number of benzene rings is 2. The lowest BCUT2D eigenvalue weighted by atomic mass is 10.1. The second kappa shape index (κ2) is 8.51. The fourth-order valence-electron chi connectivity index (χ4n) is 2.68. The van der Waals surface area contributed by atoms with Gasteiger partial charge in [-0.2, -0.15) is 15.5 Å². The van der Waals surface area contributed by atoms with E-state index in [2.05, 4.69) is 20.5 Å². The number of aromatic amines is 1. The van der Waals surface area contributed by atoms with E-state index < -0.39 is 5.56 Å². The number of aromatic nitrogens is 3. The van der Waals surface area contributed by atoms with E-state index in [9.17, 15) is 4.79 Å². The van der Waals surface area contributed by atoms with Gasteiger partial charge in [0.2, 0.25) is 5.82 Å². The minimum atomic E-state index is -0.507. The number of nitriles is 2. The molecule has 0 atom stereocenters. The number of nitrogens with one attached hydrogen (secondary N) is 2. The molecule has 1 aromatic heterocycles. The van der Waals surface area contributed by atoms with Gasteiger partial charge in [0.15, 0.2) is 0 Å². The van der Waals surface area contributed by atoms with Gasteiger partial charge >= 0.3 is 11.6 Å². The van der Waals surface area contributed by atoms with E-state index in [0.29, 0.717) is 17.0 Å². The third kappa shape index (κ3) is 4.65. The van der Waals surface area contributed by atoms with Crippen LogP contribution >= 0.6 is 0 Å².